The monoisotopic (exact) mass is 332 g/mol. The predicted octanol–water partition coefficient (Wildman–Crippen LogP) is 3.86. The van der Waals surface area contributed by atoms with E-state index in [-0.39, 0.29) is 16.0 Å². The third-order valence-electron chi connectivity index (χ3n) is 3.84. The molecule has 1 aromatic carbocycles. The normalized spacial score (nSPS) is 21.8. The highest BCUT2D eigenvalue weighted by Crippen LogP contribution is 2.39. The van der Waals surface area contributed by atoms with Crippen LogP contribution in [-0.2, 0) is 10.0 Å². The van der Waals surface area contributed by atoms with Crippen LogP contribution in [0.4, 0.5) is 5.69 Å². The van der Waals surface area contributed by atoms with Crippen molar-refractivity contribution in [2.75, 3.05) is 4.90 Å². The fraction of sp³-hybridized carbons (Fsp3) is 0.462. The van der Waals surface area contributed by atoms with Crippen molar-refractivity contribution in [1.82, 2.24) is 0 Å². The van der Waals surface area contributed by atoms with Gasteiger partial charge in [0.15, 0.2) is 0 Å². The minimum absolute atomic E-state index is 0.139. The third kappa shape index (κ3) is 2.43. The largest absolute Gasteiger partial charge is 0.327 e. The fourth-order valence-corrected chi connectivity index (χ4v) is 4.23. The summed E-state index contributed by atoms with van der Waals surface area (Å²) in [6.07, 6.45) is 7.01. The van der Waals surface area contributed by atoms with E-state index in [0.29, 0.717) is 10.7 Å². The summed E-state index contributed by atoms with van der Waals surface area (Å²) in [6, 6.07) is 3.29. The van der Waals surface area contributed by atoms with Crippen molar-refractivity contribution in [3.05, 3.63) is 22.2 Å². The van der Waals surface area contributed by atoms with Gasteiger partial charge in [-0.25, -0.2) is 0 Å². The molecule has 1 aromatic rings. The van der Waals surface area contributed by atoms with E-state index in [1.165, 1.54) is 18.8 Å². The second-order valence-corrected chi connectivity index (χ2v) is 7.54. The van der Waals surface area contributed by atoms with Gasteiger partial charge in [-0.05, 0) is 25.0 Å². The van der Waals surface area contributed by atoms with Crippen LogP contribution in [0.2, 0.25) is 10.0 Å². The molecule has 0 saturated heterocycles. The lowest BCUT2D eigenvalue weighted by Gasteiger charge is -2.35. The molecular formula is C13H14Cl2N2O2S. The van der Waals surface area contributed by atoms with E-state index < -0.39 is 10.0 Å². The van der Waals surface area contributed by atoms with E-state index in [4.69, 9.17) is 23.2 Å². The zero-order valence-corrected chi connectivity index (χ0v) is 13.0. The minimum atomic E-state index is -3.67. The summed E-state index contributed by atoms with van der Waals surface area (Å²) >= 11 is 12.0. The molecule has 0 atom stereocenters. The Labute approximate surface area is 128 Å². The highest BCUT2D eigenvalue weighted by atomic mass is 35.5. The highest BCUT2D eigenvalue weighted by molar-refractivity contribution is 7.90. The van der Waals surface area contributed by atoms with Crippen molar-refractivity contribution in [3.8, 4) is 0 Å². The van der Waals surface area contributed by atoms with Crippen molar-refractivity contribution in [2.45, 2.75) is 43.0 Å². The molecule has 20 heavy (non-hydrogen) atoms. The number of sulfonamides is 1. The van der Waals surface area contributed by atoms with Crippen LogP contribution in [0.5, 0.6) is 0 Å². The number of rotatable bonds is 1. The Morgan fingerprint density at radius 3 is 2.45 bits per heavy atom. The molecule has 2 aliphatic rings. The summed E-state index contributed by atoms with van der Waals surface area (Å²) in [4.78, 5) is 2.07. The summed E-state index contributed by atoms with van der Waals surface area (Å²) in [6.45, 7) is 0. The quantitative estimate of drug-likeness (QED) is 0.784. The number of hydrogen-bond donors (Lipinski definition) is 0. The summed E-state index contributed by atoms with van der Waals surface area (Å²) in [7, 11) is -3.67. The topological polar surface area (TPSA) is 49.7 Å². The van der Waals surface area contributed by atoms with Crippen LogP contribution in [0.15, 0.2) is 21.4 Å². The predicted molar refractivity (Wildman–Crippen MR) is 81.5 cm³/mol. The van der Waals surface area contributed by atoms with Crippen LogP contribution in [0.25, 0.3) is 0 Å². The molecule has 0 aromatic heterocycles. The fourth-order valence-electron chi connectivity index (χ4n) is 2.81. The molecule has 0 N–H and O–H groups in total. The Balaban J connectivity index is 2.10. The third-order valence-corrected chi connectivity index (χ3v) is 5.81. The molecule has 0 spiro atoms. The van der Waals surface area contributed by atoms with E-state index >= 15 is 0 Å². The van der Waals surface area contributed by atoms with Gasteiger partial charge in [0.1, 0.15) is 11.2 Å². The number of anilines is 1. The van der Waals surface area contributed by atoms with Gasteiger partial charge in [0.2, 0.25) is 0 Å². The molecule has 0 amide bonds. The van der Waals surface area contributed by atoms with Gasteiger partial charge in [-0.3, -0.25) is 0 Å². The van der Waals surface area contributed by atoms with E-state index in [2.05, 4.69) is 4.40 Å². The number of halogens is 2. The average Bonchev–Trinajstić information content (AvgIpc) is 2.42. The molecule has 7 heteroatoms. The SMILES string of the molecule is O=S1(=O)N=CN(C2CCCCC2)c2cc(Cl)c(Cl)cc21. The van der Waals surface area contributed by atoms with Crippen LogP contribution in [0.3, 0.4) is 0 Å². The molecule has 4 nitrogen and oxygen atoms in total. The molecule has 108 valence electrons. The first-order chi connectivity index (χ1) is 9.49. The zero-order valence-electron chi connectivity index (χ0n) is 10.7. The van der Waals surface area contributed by atoms with Crippen molar-refractivity contribution in [1.29, 1.82) is 0 Å². The van der Waals surface area contributed by atoms with Gasteiger partial charge >= 0.3 is 0 Å². The van der Waals surface area contributed by atoms with Crippen molar-refractivity contribution >= 4 is 45.3 Å². The lowest BCUT2D eigenvalue weighted by atomic mass is 9.94. The first-order valence-electron chi connectivity index (χ1n) is 6.57. The number of fused-ring (bicyclic) bond motifs is 1. The van der Waals surface area contributed by atoms with Gasteiger partial charge in [0, 0.05) is 6.04 Å². The smallest absolute Gasteiger partial charge is 0.285 e. The Kier molecular flexibility index (Phi) is 3.69. The van der Waals surface area contributed by atoms with Gasteiger partial charge in [-0.1, -0.05) is 42.5 Å². The second-order valence-electron chi connectivity index (χ2n) is 5.13. The summed E-state index contributed by atoms with van der Waals surface area (Å²) in [5, 5.41) is 0.589. The van der Waals surface area contributed by atoms with Crippen LogP contribution in [-0.4, -0.2) is 20.8 Å². The number of benzene rings is 1. The first-order valence-corrected chi connectivity index (χ1v) is 8.76. The van der Waals surface area contributed by atoms with Gasteiger partial charge < -0.3 is 4.90 Å². The molecular weight excluding hydrogens is 319 g/mol. The summed E-state index contributed by atoms with van der Waals surface area (Å²) in [5.74, 6) is 0. The molecule has 0 unspecified atom stereocenters. The van der Waals surface area contributed by atoms with Gasteiger partial charge in [0.05, 0.1) is 15.7 Å². The Bertz CT molecular complexity index is 667. The zero-order chi connectivity index (χ0) is 14.3. The van der Waals surface area contributed by atoms with Gasteiger partial charge in [0.25, 0.3) is 10.0 Å². The molecule has 0 radical (unpaired) electrons. The second kappa shape index (κ2) is 5.20. The van der Waals surface area contributed by atoms with Crippen molar-refractivity contribution in [3.63, 3.8) is 0 Å². The van der Waals surface area contributed by atoms with Crippen LogP contribution in [0, 0.1) is 0 Å². The Morgan fingerprint density at radius 2 is 1.75 bits per heavy atom. The van der Waals surface area contributed by atoms with E-state index in [1.807, 2.05) is 4.90 Å². The van der Waals surface area contributed by atoms with Crippen molar-refractivity contribution < 1.29 is 8.42 Å². The molecule has 0 bridgehead atoms. The maximum Gasteiger partial charge on any atom is 0.285 e. The minimum Gasteiger partial charge on any atom is -0.327 e. The molecule has 1 saturated carbocycles. The van der Waals surface area contributed by atoms with E-state index in [1.54, 1.807) is 6.07 Å². The molecule has 3 rings (SSSR count). The number of hydrogen-bond acceptors (Lipinski definition) is 3. The van der Waals surface area contributed by atoms with Gasteiger partial charge in [-0.15, -0.1) is 4.40 Å². The lowest BCUT2D eigenvalue weighted by Crippen LogP contribution is -2.38. The van der Waals surface area contributed by atoms with Crippen LogP contribution >= 0.6 is 23.2 Å². The number of nitrogens with zero attached hydrogens (tertiary/aromatic N) is 2. The Morgan fingerprint density at radius 1 is 1.10 bits per heavy atom. The molecule has 1 heterocycles. The van der Waals surface area contributed by atoms with E-state index in [9.17, 15) is 8.42 Å². The first kappa shape index (κ1) is 14.2. The maximum atomic E-state index is 12.0. The van der Waals surface area contributed by atoms with Crippen LogP contribution < -0.4 is 4.90 Å². The lowest BCUT2D eigenvalue weighted by molar-refractivity contribution is 0.440. The summed E-state index contributed by atoms with van der Waals surface area (Å²) < 4.78 is 27.8. The maximum absolute atomic E-state index is 12.0. The Hall–Kier alpha value is -0.780. The average molecular weight is 333 g/mol. The molecule has 1 aliphatic carbocycles. The molecule has 1 aliphatic heterocycles. The van der Waals surface area contributed by atoms with Gasteiger partial charge in [-0.2, -0.15) is 8.42 Å². The van der Waals surface area contributed by atoms with Crippen LogP contribution in [0.1, 0.15) is 32.1 Å². The standard InChI is InChI=1S/C13H14Cl2N2O2S/c14-10-6-12-13(7-11(10)15)20(18,19)16-8-17(12)9-4-2-1-3-5-9/h6-9H,1-5H2. The molecule has 1 fully saturated rings. The van der Waals surface area contributed by atoms with Crippen molar-refractivity contribution in [2.24, 2.45) is 4.40 Å². The summed E-state index contributed by atoms with van der Waals surface area (Å²) in [5.41, 5.74) is 0.585. The highest BCUT2D eigenvalue weighted by Gasteiger charge is 2.31. The van der Waals surface area contributed by atoms with E-state index in [0.717, 1.165) is 25.7 Å².